The van der Waals surface area contributed by atoms with Crippen LogP contribution in [0.15, 0.2) is 47.5 Å². The van der Waals surface area contributed by atoms with Crippen LogP contribution in [0.4, 0.5) is 0 Å². The normalized spacial score (nSPS) is 15.3. The van der Waals surface area contributed by atoms with Gasteiger partial charge in [0.15, 0.2) is 5.96 Å². The molecule has 0 atom stereocenters. The number of aliphatic imine (C=N–C) groups is 1. The van der Waals surface area contributed by atoms with Gasteiger partial charge in [0.2, 0.25) is 5.91 Å². The zero-order chi connectivity index (χ0) is 20.8. The lowest BCUT2D eigenvalue weighted by atomic mass is 10.1. The zero-order valence-corrected chi connectivity index (χ0v) is 20.4. The molecule has 2 heterocycles. The number of ether oxygens (including phenoxy) is 1. The van der Waals surface area contributed by atoms with E-state index in [-0.39, 0.29) is 29.9 Å². The van der Waals surface area contributed by atoms with E-state index in [1.54, 1.807) is 7.05 Å². The topological polar surface area (TPSA) is 66.0 Å². The fraction of sp³-hybridized carbons (Fsp3) is 0.417. The zero-order valence-electron chi connectivity index (χ0n) is 18.0. The number of carbonyl (C=O) groups excluding carboxylic acids is 1. The van der Waals surface area contributed by atoms with Gasteiger partial charge in [-0.2, -0.15) is 0 Å². The first kappa shape index (κ1) is 23.4. The van der Waals surface area contributed by atoms with E-state index in [0.717, 1.165) is 50.7 Å². The summed E-state index contributed by atoms with van der Waals surface area (Å²) in [5.74, 6) is 2.09. The van der Waals surface area contributed by atoms with E-state index >= 15 is 0 Å². The molecule has 0 saturated carbocycles. The molecule has 2 aromatic rings. The summed E-state index contributed by atoms with van der Waals surface area (Å²) < 4.78 is 5.57. The first-order valence-electron chi connectivity index (χ1n) is 10.8. The van der Waals surface area contributed by atoms with Crippen LogP contribution in [0.3, 0.4) is 0 Å². The highest BCUT2D eigenvalue weighted by Gasteiger charge is 2.19. The van der Waals surface area contributed by atoms with Crippen molar-refractivity contribution in [2.75, 3.05) is 26.7 Å². The number of hydrogen-bond donors (Lipinski definition) is 2. The largest absolute Gasteiger partial charge is 0.493 e. The Hall–Kier alpha value is -2.29. The van der Waals surface area contributed by atoms with E-state index in [2.05, 4.69) is 58.1 Å². The van der Waals surface area contributed by atoms with E-state index in [1.807, 2.05) is 4.90 Å². The van der Waals surface area contributed by atoms with Crippen molar-refractivity contribution in [3.63, 3.8) is 0 Å². The van der Waals surface area contributed by atoms with Gasteiger partial charge in [-0.3, -0.25) is 9.79 Å². The molecule has 1 fully saturated rings. The highest BCUT2D eigenvalue weighted by atomic mass is 127. The number of amides is 1. The van der Waals surface area contributed by atoms with Gasteiger partial charge in [0.1, 0.15) is 5.75 Å². The third-order valence-corrected chi connectivity index (χ3v) is 5.71. The quantitative estimate of drug-likeness (QED) is 0.325. The van der Waals surface area contributed by atoms with Gasteiger partial charge in [-0.15, -0.1) is 24.0 Å². The lowest BCUT2D eigenvalue weighted by Gasteiger charge is -2.16. The van der Waals surface area contributed by atoms with Crippen molar-refractivity contribution in [2.24, 2.45) is 4.99 Å². The van der Waals surface area contributed by atoms with Crippen LogP contribution in [0.5, 0.6) is 5.75 Å². The Morgan fingerprint density at radius 3 is 2.58 bits per heavy atom. The average molecular weight is 534 g/mol. The molecule has 2 aliphatic rings. The van der Waals surface area contributed by atoms with Crippen molar-refractivity contribution in [1.29, 1.82) is 0 Å². The number of carbonyl (C=O) groups is 1. The molecule has 4 rings (SSSR count). The molecule has 7 heteroatoms. The van der Waals surface area contributed by atoms with Crippen LogP contribution < -0.4 is 15.4 Å². The Kier molecular flexibility index (Phi) is 8.57. The summed E-state index contributed by atoms with van der Waals surface area (Å²) in [5, 5.41) is 6.75. The van der Waals surface area contributed by atoms with Gasteiger partial charge in [0.25, 0.3) is 0 Å². The van der Waals surface area contributed by atoms with E-state index in [0.29, 0.717) is 19.5 Å². The lowest BCUT2D eigenvalue weighted by molar-refractivity contribution is -0.128. The number of nitrogens with one attached hydrogen (secondary N) is 2. The Bertz CT molecular complexity index is 914. The predicted molar refractivity (Wildman–Crippen MR) is 134 cm³/mol. The molecule has 31 heavy (non-hydrogen) atoms. The highest BCUT2D eigenvalue weighted by Crippen LogP contribution is 2.25. The standard InChI is InChI=1S/C24H30N4O2.HI/c1-25-24(26-12-10-18-8-9-22-21(15-18)11-14-30-22)27-16-19-4-6-20(7-5-19)17-28-13-2-3-23(28)29;/h4-9,15H,2-3,10-14,16-17H2,1H3,(H2,25,26,27);1H. The number of benzene rings is 2. The van der Waals surface area contributed by atoms with Crippen molar-refractivity contribution >= 4 is 35.8 Å². The molecule has 1 amide bonds. The van der Waals surface area contributed by atoms with Gasteiger partial charge >= 0.3 is 0 Å². The molecule has 0 radical (unpaired) electrons. The Labute approximate surface area is 201 Å². The minimum atomic E-state index is 0. The number of rotatable bonds is 7. The van der Waals surface area contributed by atoms with E-state index in [4.69, 9.17) is 4.74 Å². The molecule has 2 N–H and O–H groups in total. The van der Waals surface area contributed by atoms with Crippen LogP contribution in [0.1, 0.15) is 35.1 Å². The second-order valence-corrected chi connectivity index (χ2v) is 7.88. The first-order valence-corrected chi connectivity index (χ1v) is 10.8. The smallest absolute Gasteiger partial charge is 0.222 e. The fourth-order valence-corrected chi connectivity index (χ4v) is 3.98. The molecule has 2 aromatic carbocycles. The van der Waals surface area contributed by atoms with Crippen molar-refractivity contribution in [3.8, 4) is 5.75 Å². The first-order chi connectivity index (χ1) is 14.7. The third kappa shape index (κ3) is 6.35. The fourth-order valence-electron chi connectivity index (χ4n) is 3.98. The van der Waals surface area contributed by atoms with Gasteiger partial charge in [-0.25, -0.2) is 0 Å². The maximum Gasteiger partial charge on any atom is 0.222 e. The van der Waals surface area contributed by atoms with E-state index in [9.17, 15) is 4.79 Å². The van der Waals surface area contributed by atoms with Crippen LogP contribution >= 0.6 is 24.0 Å². The molecule has 0 unspecified atom stereocenters. The molecular formula is C24H31IN4O2. The maximum absolute atomic E-state index is 11.8. The molecule has 6 nitrogen and oxygen atoms in total. The minimum Gasteiger partial charge on any atom is -0.493 e. The molecule has 2 aliphatic heterocycles. The Morgan fingerprint density at radius 1 is 1.06 bits per heavy atom. The molecule has 0 aliphatic carbocycles. The molecule has 166 valence electrons. The summed E-state index contributed by atoms with van der Waals surface area (Å²) in [5.41, 5.74) is 4.99. The summed E-state index contributed by atoms with van der Waals surface area (Å²) >= 11 is 0. The van der Waals surface area contributed by atoms with Gasteiger partial charge in [-0.1, -0.05) is 36.4 Å². The van der Waals surface area contributed by atoms with Crippen LogP contribution in [-0.2, 0) is 30.7 Å². The summed E-state index contributed by atoms with van der Waals surface area (Å²) in [6.07, 6.45) is 3.62. The van der Waals surface area contributed by atoms with Crippen molar-refractivity contribution in [3.05, 3.63) is 64.7 Å². The van der Waals surface area contributed by atoms with Crippen LogP contribution in [0, 0.1) is 0 Å². The van der Waals surface area contributed by atoms with Gasteiger partial charge in [-0.05, 0) is 41.2 Å². The van der Waals surface area contributed by atoms with Crippen molar-refractivity contribution in [1.82, 2.24) is 15.5 Å². The number of hydrogen-bond acceptors (Lipinski definition) is 3. The molecule has 0 spiro atoms. The van der Waals surface area contributed by atoms with Crippen molar-refractivity contribution in [2.45, 2.75) is 38.8 Å². The number of fused-ring (bicyclic) bond motifs is 1. The van der Waals surface area contributed by atoms with Gasteiger partial charge in [0.05, 0.1) is 6.61 Å². The number of nitrogens with zero attached hydrogens (tertiary/aromatic N) is 2. The van der Waals surface area contributed by atoms with Crippen LogP contribution in [0.2, 0.25) is 0 Å². The van der Waals surface area contributed by atoms with Crippen molar-refractivity contribution < 1.29 is 9.53 Å². The number of guanidine groups is 1. The van der Waals surface area contributed by atoms with Gasteiger partial charge in [0, 0.05) is 46.1 Å². The lowest BCUT2D eigenvalue weighted by Crippen LogP contribution is -2.37. The van der Waals surface area contributed by atoms with Gasteiger partial charge < -0.3 is 20.3 Å². The monoisotopic (exact) mass is 534 g/mol. The maximum atomic E-state index is 11.8. The third-order valence-electron chi connectivity index (χ3n) is 5.71. The van der Waals surface area contributed by atoms with E-state index in [1.165, 1.54) is 22.3 Å². The minimum absolute atomic E-state index is 0. The predicted octanol–water partition coefficient (Wildman–Crippen LogP) is 3.27. The molecule has 1 saturated heterocycles. The summed E-state index contributed by atoms with van der Waals surface area (Å²) in [6.45, 7) is 3.92. The Morgan fingerprint density at radius 2 is 1.84 bits per heavy atom. The molecule has 0 aromatic heterocycles. The number of halogens is 1. The molecule has 0 bridgehead atoms. The summed E-state index contributed by atoms with van der Waals surface area (Å²) in [6, 6.07) is 14.9. The highest BCUT2D eigenvalue weighted by molar-refractivity contribution is 14.0. The number of likely N-dealkylation sites (tertiary alicyclic amines) is 1. The summed E-state index contributed by atoms with van der Waals surface area (Å²) in [4.78, 5) is 18.0. The van der Waals surface area contributed by atoms with Crippen LogP contribution in [0.25, 0.3) is 0 Å². The summed E-state index contributed by atoms with van der Waals surface area (Å²) in [7, 11) is 1.79. The average Bonchev–Trinajstić information content (AvgIpc) is 3.40. The Balaban J connectivity index is 0.00000272. The van der Waals surface area contributed by atoms with Crippen LogP contribution in [-0.4, -0.2) is 43.5 Å². The SMILES string of the molecule is CN=C(NCCc1ccc2c(c1)CCO2)NCc1ccc(CN2CCCC2=O)cc1.I. The molecular weight excluding hydrogens is 503 g/mol. The van der Waals surface area contributed by atoms with E-state index < -0.39 is 0 Å². The second kappa shape index (κ2) is 11.4. The second-order valence-electron chi connectivity index (χ2n) is 7.88.